The van der Waals surface area contributed by atoms with Gasteiger partial charge in [0.25, 0.3) is 0 Å². The van der Waals surface area contributed by atoms with Crippen LogP contribution in [0.5, 0.6) is 0 Å². The Bertz CT molecular complexity index is 600. The first-order chi connectivity index (χ1) is 10.6. The number of hydrogen-bond acceptors (Lipinski definition) is 5. The summed E-state index contributed by atoms with van der Waals surface area (Å²) in [6.07, 6.45) is 3.33. The van der Waals surface area contributed by atoms with Gasteiger partial charge < -0.3 is 14.2 Å². The van der Waals surface area contributed by atoms with Crippen LogP contribution in [0.15, 0.2) is 27.6 Å². The molecule has 0 spiro atoms. The molecule has 2 aliphatic rings. The average molecular weight is 319 g/mol. The van der Waals surface area contributed by atoms with Crippen LogP contribution in [0.4, 0.5) is 0 Å². The van der Waals surface area contributed by atoms with Gasteiger partial charge in [-0.2, -0.15) is 0 Å². The minimum absolute atomic E-state index is 0.0445. The van der Waals surface area contributed by atoms with E-state index in [4.69, 9.17) is 4.42 Å². The number of amides is 1. The minimum Gasteiger partial charge on any atom is -0.462 e. The largest absolute Gasteiger partial charge is 0.462 e. The molecular formula is C16H21N3O2S. The molecule has 0 bridgehead atoms. The van der Waals surface area contributed by atoms with E-state index >= 15 is 0 Å². The van der Waals surface area contributed by atoms with E-state index in [2.05, 4.69) is 16.8 Å². The molecule has 1 atom stereocenters. The molecule has 3 rings (SSSR count). The van der Waals surface area contributed by atoms with Gasteiger partial charge in [0.1, 0.15) is 11.5 Å². The van der Waals surface area contributed by atoms with Gasteiger partial charge in [0, 0.05) is 37.5 Å². The van der Waals surface area contributed by atoms with Crippen molar-refractivity contribution in [1.29, 1.82) is 0 Å². The molecule has 1 amide bonds. The van der Waals surface area contributed by atoms with Crippen LogP contribution in [0.3, 0.4) is 0 Å². The number of amidine groups is 1. The number of carbonyl (C=O) groups is 1. The fraction of sp³-hybridized carbons (Fsp3) is 0.500. The molecule has 5 nitrogen and oxygen atoms in total. The van der Waals surface area contributed by atoms with Gasteiger partial charge in [-0.1, -0.05) is 18.7 Å². The van der Waals surface area contributed by atoms with Crippen LogP contribution in [0.1, 0.15) is 18.4 Å². The Labute approximate surface area is 135 Å². The molecule has 0 aliphatic carbocycles. The van der Waals surface area contributed by atoms with Gasteiger partial charge in [0.2, 0.25) is 5.91 Å². The first-order valence-electron chi connectivity index (χ1n) is 7.61. The Kier molecular flexibility index (Phi) is 4.57. The Morgan fingerprint density at radius 1 is 1.36 bits per heavy atom. The van der Waals surface area contributed by atoms with E-state index < -0.39 is 0 Å². The van der Waals surface area contributed by atoms with Crippen LogP contribution in [0.2, 0.25) is 0 Å². The normalized spacial score (nSPS) is 22.5. The Hall–Kier alpha value is -1.69. The van der Waals surface area contributed by atoms with Crippen molar-refractivity contribution in [3.05, 3.63) is 29.7 Å². The lowest BCUT2D eigenvalue weighted by Crippen LogP contribution is -2.49. The molecule has 1 fully saturated rings. The monoisotopic (exact) mass is 319 g/mol. The molecule has 0 N–H and O–H groups in total. The second-order valence-corrected chi connectivity index (χ2v) is 7.05. The number of rotatable bonds is 2. The Morgan fingerprint density at radius 2 is 2.14 bits per heavy atom. The fourth-order valence-electron chi connectivity index (χ4n) is 2.56. The van der Waals surface area contributed by atoms with Crippen LogP contribution in [-0.2, 0) is 4.79 Å². The zero-order valence-electron chi connectivity index (χ0n) is 13.0. The predicted octanol–water partition coefficient (Wildman–Crippen LogP) is 2.24. The van der Waals surface area contributed by atoms with E-state index in [0.717, 1.165) is 49.4 Å². The summed E-state index contributed by atoms with van der Waals surface area (Å²) >= 11 is 1.84. The summed E-state index contributed by atoms with van der Waals surface area (Å²) in [7, 11) is 0. The maximum absolute atomic E-state index is 12.2. The summed E-state index contributed by atoms with van der Waals surface area (Å²) in [5.74, 6) is 1.61. The molecule has 3 heterocycles. The zero-order valence-corrected chi connectivity index (χ0v) is 13.8. The molecule has 22 heavy (non-hydrogen) atoms. The molecule has 1 aromatic heterocycles. The molecule has 1 aromatic rings. The van der Waals surface area contributed by atoms with Crippen molar-refractivity contribution in [2.75, 3.05) is 32.7 Å². The van der Waals surface area contributed by atoms with Crippen LogP contribution in [0.25, 0.3) is 6.08 Å². The zero-order chi connectivity index (χ0) is 15.5. The van der Waals surface area contributed by atoms with Crippen molar-refractivity contribution in [2.24, 2.45) is 4.99 Å². The summed E-state index contributed by atoms with van der Waals surface area (Å²) in [4.78, 5) is 20.9. The molecule has 2 aliphatic heterocycles. The molecule has 0 saturated carbocycles. The van der Waals surface area contributed by atoms with Crippen molar-refractivity contribution in [1.82, 2.24) is 9.80 Å². The van der Waals surface area contributed by atoms with Crippen LogP contribution < -0.4 is 0 Å². The highest BCUT2D eigenvalue weighted by molar-refractivity contribution is 8.14. The fourth-order valence-corrected chi connectivity index (χ4v) is 3.55. The molecule has 118 valence electrons. The summed E-state index contributed by atoms with van der Waals surface area (Å²) in [6, 6.07) is 3.76. The van der Waals surface area contributed by atoms with Crippen LogP contribution in [-0.4, -0.2) is 58.8 Å². The SMILES string of the molecule is Cc1ccc(/C=C\C(=O)N2CCN(C3=NC[C@@H](C)S3)CC2)o1. The van der Waals surface area contributed by atoms with Crippen molar-refractivity contribution >= 4 is 28.9 Å². The van der Waals surface area contributed by atoms with Gasteiger partial charge in [-0.3, -0.25) is 9.79 Å². The van der Waals surface area contributed by atoms with E-state index in [1.807, 2.05) is 35.7 Å². The highest BCUT2D eigenvalue weighted by Gasteiger charge is 2.25. The van der Waals surface area contributed by atoms with Gasteiger partial charge in [-0.25, -0.2) is 0 Å². The number of aryl methyl sites for hydroxylation is 1. The first kappa shape index (κ1) is 15.2. The molecular weight excluding hydrogens is 298 g/mol. The third-order valence-electron chi connectivity index (χ3n) is 3.80. The van der Waals surface area contributed by atoms with Crippen molar-refractivity contribution in [3.8, 4) is 0 Å². The maximum atomic E-state index is 12.2. The summed E-state index contributed by atoms with van der Waals surface area (Å²) in [6.45, 7) is 8.20. The number of hydrogen-bond donors (Lipinski definition) is 0. The number of piperazine rings is 1. The number of furan rings is 1. The van der Waals surface area contributed by atoms with E-state index in [-0.39, 0.29) is 5.91 Å². The third-order valence-corrected chi connectivity index (χ3v) is 4.95. The third kappa shape index (κ3) is 3.55. The number of thioether (sulfide) groups is 1. The van der Waals surface area contributed by atoms with E-state index in [1.54, 1.807) is 12.2 Å². The highest BCUT2D eigenvalue weighted by atomic mass is 32.2. The molecule has 6 heteroatoms. The summed E-state index contributed by atoms with van der Waals surface area (Å²) in [5, 5.41) is 1.72. The topological polar surface area (TPSA) is 49.1 Å². The Balaban J connectivity index is 1.50. The lowest BCUT2D eigenvalue weighted by Gasteiger charge is -2.35. The van der Waals surface area contributed by atoms with E-state index in [0.29, 0.717) is 5.25 Å². The van der Waals surface area contributed by atoms with Gasteiger partial charge in [-0.15, -0.1) is 0 Å². The molecule has 0 unspecified atom stereocenters. The molecule has 0 radical (unpaired) electrons. The molecule has 0 aromatic carbocycles. The van der Waals surface area contributed by atoms with Crippen molar-refractivity contribution in [3.63, 3.8) is 0 Å². The van der Waals surface area contributed by atoms with Crippen LogP contribution in [0, 0.1) is 6.92 Å². The standard InChI is InChI=1S/C16H21N3O2S/c1-12-3-4-14(21-12)5-6-15(20)18-7-9-19(10-8-18)16-17-11-13(2)22-16/h3-6,13H,7-11H2,1-2H3/b6-5-/t13-/m1/s1. The highest BCUT2D eigenvalue weighted by Crippen LogP contribution is 2.23. The predicted molar refractivity (Wildman–Crippen MR) is 90.0 cm³/mol. The average Bonchev–Trinajstić information content (AvgIpc) is 3.13. The van der Waals surface area contributed by atoms with E-state index in [1.165, 1.54) is 0 Å². The van der Waals surface area contributed by atoms with Crippen LogP contribution >= 0.6 is 11.8 Å². The minimum atomic E-state index is 0.0445. The van der Waals surface area contributed by atoms with Gasteiger partial charge in [0.15, 0.2) is 5.17 Å². The number of aliphatic imine (C=N–C) groups is 1. The van der Waals surface area contributed by atoms with Gasteiger partial charge in [-0.05, 0) is 25.1 Å². The smallest absolute Gasteiger partial charge is 0.246 e. The quantitative estimate of drug-likeness (QED) is 0.785. The lowest BCUT2D eigenvalue weighted by atomic mass is 10.3. The van der Waals surface area contributed by atoms with Gasteiger partial charge in [0.05, 0.1) is 6.54 Å². The van der Waals surface area contributed by atoms with Crippen molar-refractivity contribution < 1.29 is 9.21 Å². The van der Waals surface area contributed by atoms with Gasteiger partial charge >= 0.3 is 0 Å². The Morgan fingerprint density at radius 3 is 2.73 bits per heavy atom. The van der Waals surface area contributed by atoms with Crippen molar-refractivity contribution in [2.45, 2.75) is 19.1 Å². The first-order valence-corrected chi connectivity index (χ1v) is 8.49. The molecule has 1 saturated heterocycles. The second kappa shape index (κ2) is 6.60. The number of carbonyl (C=O) groups excluding carboxylic acids is 1. The summed E-state index contributed by atoms with van der Waals surface area (Å²) < 4.78 is 5.43. The second-order valence-electron chi connectivity index (χ2n) is 5.65. The maximum Gasteiger partial charge on any atom is 0.246 e. The summed E-state index contributed by atoms with van der Waals surface area (Å²) in [5.41, 5.74) is 0. The lowest BCUT2D eigenvalue weighted by molar-refractivity contribution is -0.127. The van der Waals surface area contributed by atoms with E-state index in [9.17, 15) is 4.79 Å². The number of nitrogens with zero attached hydrogens (tertiary/aromatic N) is 3.